The average Bonchev–Trinajstić information content (AvgIpc) is 2.86. The molecule has 5 heteroatoms. The van der Waals surface area contributed by atoms with Crippen LogP contribution in [0.1, 0.15) is 51.6 Å². The molecule has 1 N–H and O–H groups in total. The number of anilines is 1. The van der Waals surface area contributed by atoms with Gasteiger partial charge in [-0.15, -0.1) is 0 Å². The van der Waals surface area contributed by atoms with Gasteiger partial charge in [-0.1, -0.05) is 49.7 Å². The fourth-order valence-electron chi connectivity index (χ4n) is 3.57. The maximum atomic E-state index is 12.6. The molecule has 0 aliphatic carbocycles. The number of hydrogen-bond acceptors (Lipinski definition) is 4. The summed E-state index contributed by atoms with van der Waals surface area (Å²) >= 11 is 0. The highest BCUT2D eigenvalue weighted by atomic mass is 16.5. The molecule has 0 unspecified atom stereocenters. The van der Waals surface area contributed by atoms with Gasteiger partial charge < -0.3 is 14.8 Å². The summed E-state index contributed by atoms with van der Waals surface area (Å²) in [4.78, 5) is 23.9. The van der Waals surface area contributed by atoms with E-state index in [0.29, 0.717) is 46.3 Å². The quantitative estimate of drug-likeness (QED) is 0.270. The summed E-state index contributed by atoms with van der Waals surface area (Å²) in [5.41, 5.74) is 3.46. The first-order chi connectivity index (χ1) is 16.9. The lowest BCUT2D eigenvalue weighted by Gasteiger charge is -2.11. The van der Waals surface area contributed by atoms with Gasteiger partial charge in [0.05, 0.1) is 5.56 Å². The highest BCUT2D eigenvalue weighted by molar-refractivity contribution is 6.08. The van der Waals surface area contributed by atoms with E-state index in [1.54, 1.807) is 42.5 Å². The topological polar surface area (TPSA) is 64.6 Å². The first kappa shape index (κ1) is 23.8. The van der Waals surface area contributed by atoms with Crippen LogP contribution >= 0.6 is 0 Å². The van der Waals surface area contributed by atoms with Crippen molar-refractivity contribution < 1.29 is 19.1 Å². The van der Waals surface area contributed by atoms with Crippen molar-refractivity contribution in [2.45, 2.75) is 26.7 Å². The highest BCUT2D eigenvalue weighted by Crippen LogP contribution is 2.30. The molecule has 4 aromatic rings. The smallest absolute Gasteiger partial charge is 0.256 e. The Hall–Kier alpha value is -4.38. The third-order valence-electron chi connectivity index (χ3n) is 5.52. The van der Waals surface area contributed by atoms with Crippen LogP contribution in [0.2, 0.25) is 0 Å². The summed E-state index contributed by atoms with van der Waals surface area (Å²) in [7, 11) is 0. The second-order valence-corrected chi connectivity index (χ2v) is 8.59. The van der Waals surface area contributed by atoms with Crippen molar-refractivity contribution in [3.8, 4) is 23.0 Å². The molecule has 0 aliphatic rings. The Balaban J connectivity index is 1.40. The molecule has 0 aromatic heterocycles. The molecular formula is C30H27NO4. The summed E-state index contributed by atoms with van der Waals surface area (Å²) in [6.45, 7) is 6.19. The minimum absolute atomic E-state index is 0.337. The summed E-state index contributed by atoms with van der Waals surface area (Å²) in [6.07, 6.45) is 0.684. The average molecular weight is 466 g/mol. The molecule has 0 aliphatic heterocycles. The normalized spacial score (nSPS) is 10.6. The molecule has 176 valence electrons. The van der Waals surface area contributed by atoms with Crippen molar-refractivity contribution in [2.24, 2.45) is 0 Å². The second-order valence-electron chi connectivity index (χ2n) is 8.59. The molecule has 4 aromatic carbocycles. The van der Waals surface area contributed by atoms with Gasteiger partial charge in [0.1, 0.15) is 23.0 Å². The van der Waals surface area contributed by atoms with E-state index < -0.39 is 0 Å². The second kappa shape index (κ2) is 10.7. The Labute approximate surface area is 205 Å². The van der Waals surface area contributed by atoms with E-state index in [1.807, 2.05) is 43.3 Å². The van der Waals surface area contributed by atoms with Crippen molar-refractivity contribution in [3.05, 3.63) is 113 Å². The molecule has 0 radical (unpaired) electrons. The Kier molecular flexibility index (Phi) is 7.27. The highest BCUT2D eigenvalue weighted by Gasteiger charge is 2.12. The summed E-state index contributed by atoms with van der Waals surface area (Å²) < 4.78 is 11.9. The van der Waals surface area contributed by atoms with E-state index in [4.69, 9.17) is 9.47 Å². The van der Waals surface area contributed by atoms with Crippen molar-refractivity contribution in [1.82, 2.24) is 0 Å². The summed E-state index contributed by atoms with van der Waals surface area (Å²) in [6, 6.07) is 27.7. The largest absolute Gasteiger partial charge is 0.457 e. The number of nitrogens with one attached hydrogen (secondary N) is 1. The zero-order chi connectivity index (χ0) is 24.8. The van der Waals surface area contributed by atoms with Crippen molar-refractivity contribution in [2.75, 3.05) is 5.32 Å². The maximum absolute atomic E-state index is 12.6. The number of benzene rings is 4. The van der Waals surface area contributed by atoms with Crippen LogP contribution in [0, 0.1) is 6.92 Å². The van der Waals surface area contributed by atoms with Crippen LogP contribution in [0.25, 0.3) is 0 Å². The molecule has 1 amide bonds. The van der Waals surface area contributed by atoms with E-state index in [0.717, 1.165) is 11.3 Å². The molecule has 0 saturated heterocycles. The van der Waals surface area contributed by atoms with Gasteiger partial charge in [0, 0.05) is 17.3 Å². The molecule has 0 spiro atoms. The number of ether oxygens (including phenoxy) is 2. The molecule has 35 heavy (non-hydrogen) atoms. The number of amides is 1. The SMILES string of the molecule is Cc1ccc(C=O)c(C(=O)Nc2ccc(Oc3cccc(Oc4ccc(C(C)C)cc4)c3)cc2)c1. The summed E-state index contributed by atoms with van der Waals surface area (Å²) in [5, 5.41) is 2.83. The fourth-order valence-corrected chi connectivity index (χ4v) is 3.57. The van der Waals surface area contributed by atoms with Gasteiger partial charge in [-0.2, -0.15) is 0 Å². The molecular weight excluding hydrogens is 438 g/mol. The van der Waals surface area contributed by atoms with Crippen LogP contribution in [-0.4, -0.2) is 12.2 Å². The molecule has 4 rings (SSSR count). The van der Waals surface area contributed by atoms with E-state index in [2.05, 4.69) is 31.3 Å². The van der Waals surface area contributed by atoms with E-state index in [9.17, 15) is 9.59 Å². The zero-order valence-corrected chi connectivity index (χ0v) is 19.9. The lowest BCUT2D eigenvalue weighted by atomic mass is 10.0. The van der Waals surface area contributed by atoms with Crippen molar-refractivity contribution >= 4 is 17.9 Å². The lowest BCUT2D eigenvalue weighted by molar-refractivity contribution is 0.101. The van der Waals surface area contributed by atoms with Crippen LogP contribution in [0.15, 0.2) is 91.0 Å². The third-order valence-corrected chi connectivity index (χ3v) is 5.52. The van der Waals surface area contributed by atoms with E-state index >= 15 is 0 Å². The molecule has 0 bridgehead atoms. The predicted molar refractivity (Wildman–Crippen MR) is 138 cm³/mol. The van der Waals surface area contributed by atoms with Crippen molar-refractivity contribution in [1.29, 1.82) is 0 Å². The number of carbonyl (C=O) groups excluding carboxylic acids is 2. The Morgan fingerprint density at radius 3 is 1.94 bits per heavy atom. The molecule has 0 fully saturated rings. The van der Waals surface area contributed by atoms with Gasteiger partial charge in [0.25, 0.3) is 5.91 Å². The predicted octanol–water partition coefficient (Wildman–Crippen LogP) is 7.77. The third kappa shape index (κ3) is 6.15. The summed E-state index contributed by atoms with van der Waals surface area (Å²) in [5.74, 6) is 2.82. The van der Waals surface area contributed by atoms with Gasteiger partial charge in [0.15, 0.2) is 6.29 Å². The number of aldehydes is 1. The number of aryl methyl sites for hydroxylation is 1. The van der Waals surface area contributed by atoms with Gasteiger partial charge in [-0.3, -0.25) is 9.59 Å². The van der Waals surface area contributed by atoms with Gasteiger partial charge in [0.2, 0.25) is 0 Å². The molecule has 0 heterocycles. The van der Waals surface area contributed by atoms with E-state index in [-0.39, 0.29) is 5.91 Å². The van der Waals surface area contributed by atoms with Crippen LogP contribution < -0.4 is 14.8 Å². The Bertz CT molecular complexity index is 1330. The van der Waals surface area contributed by atoms with Gasteiger partial charge in [-0.05, 0) is 73.0 Å². The van der Waals surface area contributed by atoms with Crippen LogP contribution in [0.4, 0.5) is 5.69 Å². The molecule has 5 nitrogen and oxygen atoms in total. The zero-order valence-electron chi connectivity index (χ0n) is 19.9. The van der Waals surface area contributed by atoms with Crippen LogP contribution in [0.5, 0.6) is 23.0 Å². The number of carbonyl (C=O) groups is 2. The number of hydrogen-bond donors (Lipinski definition) is 1. The van der Waals surface area contributed by atoms with Crippen LogP contribution in [0.3, 0.4) is 0 Å². The fraction of sp³-hybridized carbons (Fsp3) is 0.133. The van der Waals surface area contributed by atoms with Crippen LogP contribution in [-0.2, 0) is 0 Å². The Morgan fingerprint density at radius 1 is 0.771 bits per heavy atom. The first-order valence-corrected chi connectivity index (χ1v) is 11.4. The van der Waals surface area contributed by atoms with Gasteiger partial charge in [-0.25, -0.2) is 0 Å². The van der Waals surface area contributed by atoms with Crippen molar-refractivity contribution in [3.63, 3.8) is 0 Å². The molecule has 0 atom stereocenters. The monoisotopic (exact) mass is 465 g/mol. The lowest BCUT2D eigenvalue weighted by Crippen LogP contribution is -2.14. The van der Waals surface area contributed by atoms with Gasteiger partial charge >= 0.3 is 0 Å². The molecule has 0 saturated carbocycles. The number of rotatable bonds is 8. The standard InChI is InChI=1S/C30H27NO4/c1-20(2)22-9-13-25(14-10-22)34-27-5-4-6-28(18-27)35-26-15-11-24(12-16-26)31-30(33)29-17-21(3)7-8-23(29)19-32/h4-20H,1-3H3,(H,31,33). The Morgan fingerprint density at radius 2 is 1.37 bits per heavy atom. The maximum Gasteiger partial charge on any atom is 0.256 e. The first-order valence-electron chi connectivity index (χ1n) is 11.4. The minimum atomic E-state index is -0.337. The minimum Gasteiger partial charge on any atom is -0.457 e. The van der Waals surface area contributed by atoms with E-state index in [1.165, 1.54) is 5.56 Å².